The van der Waals surface area contributed by atoms with Gasteiger partial charge >= 0.3 is 5.97 Å². The molecule has 2 aliphatic rings. The monoisotopic (exact) mass is 441 g/mol. The number of hydrogen-bond acceptors (Lipinski definition) is 6. The van der Waals surface area contributed by atoms with E-state index in [2.05, 4.69) is 0 Å². The van der Waals surface area contributed by atoms with E-state index in [1.165, 1.54) is 0 Å². The number of fused-ring (bicyclic) bond motifs is 1. The van der Waals surface area contributed by atoms with Crippen LogP contribution in [0.2, 0.25) is 0 Å². The average Bonchev–Trinajstić information content (AvgIpc) is 3.38. The number of carboxylic acid groups (broad SMARTS) is 1. The van der Waals surface area contributed by atoms with Crippen molar-refractivity contribution in [3.05, 3.63) is 53.6 Å². The van der Waals surface area contributed by atoms with Gasteiger partial charge in [0.15, 0.2) is 11.5 Å². The highest BCUT2D eigenvalue weighted by Crippen LogP contribution is 2.48. The zero-order valence-corrected chi connectivity index (χ0v) is 18.2. The lowest BCUT2D eigenvalue weighted by Gasteiger charge is -2.27. The van der Waals surface area contributed by atoms with Crippen LogP contribution in [-0.2, 0) is 14.3 Å². The second-order valence-corrected chi connectivity index (χ2v) is 7.75. The second-order valence-electron chi connectivity index (χ2n) is 7.75. The number of carbonyl (C=O) groups is 2. The number of amides is 1. The Morgan fingerprint density at radius 3 is 2.53 bits per heavy atom. The van der Waals surface area contributed by atoms with E-state index in [4.69, 9.17) is 18.9 Å². The van der Waals surface area contributed by atoms with Gasteiger partial charge < -0.3 is 29.0 Å². The van der Waals surface area contributed by atoms with Crippen molar-refractivity contribution in [1.29, 1.82) is 0 Å². The van der Waals surface area contributed by atoms with E-state index in [1.807, 2.05) is 19.1 Å². The number of ether oxygens (including phenoxy) is 4. The molecule has 2 heterocycles. The molecule has 0 aliphatic carbocycles. The van der Waals surface area contributed by atoms with Crippen LogP contribution in [0.3, 0.4) is 0 Å². The third-order valence-corrected chi connectivity index (χ3v) is 5.97. The minimum atomic E-state index is -1.02. The number of hydrogen-bond donors (Lipinski definition) is 1. The zero-order valence-electron chi connectivity index (χ0n) is 18.2. The third-order valence-electron chi connectivity index (χ3n) is 5.97. The quantitative estimate of drug-likeness (QED) is 0.597. The summed E-state index contributed by atoms with van der Waals surface area (Å²) in [6.45, 7) is 3.52. The smallest absolute Gasteiger partial charge is 0.310 e. The summed E-state index contributed by atoms with van der Waals surface area (Å²) in [6.07, 6.45) is 0.617. The van der Waals surface area contributed by atoms with E-state index < -0.39 is 23.8 Å². The lowest BCUT2D eigenvalue weighted by atomic mass is 9.82. The van der Waals surface area contributed by atoms with Crippen molar-refractivity contribution < 1.29 is 33.6 Å². The van der Waals surface area contributed by atoms with E-state index in [1.54, 1.807) is 42.3 Å². The number of carboxylic acids is 1. The van der Waals surface area contributed by atoms with Crippen LogP contribution in [0.5, 0.6) is 17.2 Å². The molecule has 1 unspecified atom stereocenters. The molecule has 0 radical (unpaired) electrons. The molecule has 8 nitrogen and oxygen atoms in total. The van der Waals surface area contributed by atoms with Crippen molar-refractivity contribution in [3.63, 3.8) is 0 Å². The Morgan fingerprint density at radius 1 is 1.12 bits per heavy atom. The van der Waals surface area contributed by atoms with Crippen molar-refractivity contribution in [2.45, 2.75) is 25.3 Å². The lowest BCUT2D eigenvalue weighted by molar-refractivity contribution is -0.143. The van der Waals surface area contributed by atoms with Crippen LogP contribution in [0, 0.1) is 5.92 Å². The molecule has 2 aromatic carbocycles. The largest absolute Gasteiger partial charge is 0.497 e. The molecule has 8 heteroatoms. The fraction of sp³-hybridized carbons (Fsp3) is 0.417. The van der Waals surface area contributed by atoms with Crippen molar-refractivity contribution in [2.75, 3.05) is 33.7 Å². The van der Waals surface area contributed by atoms with Gasteiger partial charge in [0.05, 0.1) is 25.0 Å². The molecule has 170 valence electrons. The van der Waals surface area contributed by atoms with Crippen LogP contribution >= 0.6 is 0 Å². The topological polar surface area (TPSA) is 94.5 Å². The van der Waals surface area contributed by atoms with Gasteiger partial charge in [-0.3, -0.25) is 9.59 Å². The molecule has 2 aromatic rings. The van der Waals surface area contributed by atoms with E-state index in [0.29, 0.717) is 49.0 Å². The number of likely N-dealkylation sites (tertiary alicyclic amines) is 1. The highest BCUT2D eigenvalue weighted by molar-refractivity contribution is 5.94. The number of aliphatic carboxylic acids is 1. The summed E-state index contributed by atoms with van der Waals surface area (Å²) in [5.41, 5.74) is 1.36. The van der Waals surface area contributed by atoms with Gasteiger partial charge in [-0.2, -0.15) is 0 Å². The molecule has 1 N–H and O–H groups in total. The summed E-state index contributed by atoms with van der Waals surface area (Å²) < 4.78 is 21.5. The third kappa shape index (κ3) is 4.10. The number of nitrogens with zero attached hydrogens (tertiary/aromatic N) is 1. The van der Waals surface area contributed by atoms with Gasteiger partial charge in [-0.25, -0.2) is 0 Å². The van der Waals surface area contributed by atoms with Crippen LogP contribution in [0.25, 0.3) is 0 Å². The molecular weight excluding hydrogens is 414 g/mol. The fourth-order valence-electron chi connectivity index (χ4n) is 4.50. The van der Waals surface area contributed by atoms with Crippen LogP contribution in [0.4, 0.5) is 0 Å². The molecule has 0 spiro atoms. The van der Waals surface area contributed by atoms with Gasteiger partial charge in [0, 0.05) is 19.8 Å². The number of rotatable bonds is 9. The van der Waals surface area contributed by atoms with E-state index >= 15 is 0 Å². The first-order valence-electron chi connectivity index (χ1n) is 10.7. The summed E-state index contributed by atoms with van der Waals surface area (Å²) in [5, 5.41) is 10.2. The van der Waals surface area contributed by atoms with Crippen LogP contribution in [0.15, 0.2) is 42.5 Å². The highest BCUT2D eigenvalue weighted by atomic mass is 16.7. The summed E-state index contributed by atoms with van der Waals surface area (Å²) in [4.78, 5) is 27.8. The molecule has 32 heavy (non-hydrogen) atoms. The first-order valence-corrected chi connectivity index (χ1v) is 10.7. The minimum Gasteiger partial charge on any atom is -0.497 e. The maximum atomic E-state index is 13.6. The average molecular weight is 441 g/mol. The molecule has 4 rings (SSSR count). The Bertz CT molecular complexity index is 975. The van der Waals surface area contributed by atoms with E-state index in [9.17, 15) is 14.7 Å². The number of carbonyl (C=O) groups excluding carboxylic acids is 1. The van der Waals surface area contributed by atoms with E-state index in [-0.39, 0.29) is 12.7 Å². The molecule has 0 bridgehead atoms. The molecule has 0 saturated carbocycles. The summed E-state index contributed by atoms with van der Waals surface area (Å²) in [5.74, 6) is -1.24. The Hall–Kier alpha value is -3.26. The Labute approximate surface area is 186 Å². The summed E-state index contributed by atoms with van der Waals surface area (Å²) in [6, 6.07) is 11.8. The molecule has 1 fully saturated rings. The van der Waals surface area contributed by atoms with Gasteiger partial charge in [0.1, 0.15) is 5.75 Å². The summed E-state index contributed by atoms with van der Waals surface area (Å²) >= 11 is 0. The Morgan fingerprint density at radius 2 is 1.84 bits per heavy atom. The fourth-order valence-corrected chi connectivity index (χ4v) is 4.50. The first-order chi connectivity index (χ1) is 15.5. The van der Waals surface area contributed by atoms with Crippen LogP contribution < -0.4 is 14.2 Å². The molecule has 1 amide bonds. The standard InChI is InChI=1S/C24H27NO7/c1-3-30-12-4-11-25-22(15-5-8-17(29-2)9-6-15)21(24(27)28)20(23(25)26)16-7-10-18-19(13-16)32-14-31-18/h5-10,13,20-22H,3-4,11-12,14H2,1-2H3,(H,27,28)/t20?,21-,22+/m1/s1. The SMILES string of the molecule is CCOCCCN1C(=O)C(c2ccc3c(c2)OCO3)[C@@H](C(=O)O)[C@@H]1c1ccc(OC)cc1. The Balaban J connectivity index is 1.72. The van der Waals surface area contributed by atoms with Crippen molar-refractivity contribution in [1.82, 2.24) is 4.90 Å². The number of methoxy groups -OCH3 is 1. The lowest BCUT2D eigenvalue weighted by Crippen LogP contribution is -2.32. The van der Waals surface area contributed by atoms with Gasteiger partial charge in [0.2, 0.25) is 12.7 Å². The van der Waals surface area contributed by atoms with E-state index in [0.717, 1.165) is 5.56 Å². The van der Waals surface area contributed by atoms with Gasteiger partial charge in [-0.05, 0) is 48.7 Å². The normalized spacial score (nSPS) is 21.8. The van der Waals surface area contributed by atoms with Gasteiger partial charge in [-0.15, -0.1) is 0 Å². The van der Waals surface area contributed by atoms with Crippen LogP contribution in [0.1, 0.15) is 36.4 Å². The predicted molar refractivity (Wildman–Crippen MR) is 115 cm³/mol. The Kier molecular flexibility index (Phi) is 6.50. The predicted octanol–water partition coefficient (Wildman–Crippen LogP) is 3.22. The highest BCUT2D eigenvalue weighted by Gasteiger charge is 2.52. The zero-order chi connectivity index (χ0) is 22.7. The van der Waals surface area contributed by atoms with Crippen LogP contribution in [-0.4, -0.2) is 55.5 Å². The molecule has 3 atom stereocenters. The first kappa shape index (κ1) is 22.0. The molecular formula is C24H27NO7. The van der Waals surface area contributed by atoms with Crippen molar-refractivity contribution in [2.24, 2.45) is 5.92 Å². The van der Waals surface area contributed by atoms with Crippen molar-refractivity contribution >= 4 is 11.9 Å². The molecule has 0 aromatic heterocycles. The van der Waals surface area contributed by atoms with Gasteiger partial charge in [0.25, 0.3) is 0 Å². The minimum absolute atomic E-state index is 0.109. The van der Waals surface area contributed by atoms with Crippen molar-refractivity contribution in [3.8, 4) is 17.2 Å². The summed E-state index contributed by atoms with van der Waals surface area (Å²) in [7, 11) is 1.57. The maximum absolute atomic E-state index is 13.6. The molecule has 1 saturated heterocycles. The van der Waals surface area contributed by atoms with Gasteiger partial charge in [-0.1, -0.05) is 18.2 Å². The molecule has 2 aliphatic heterocycles. The maximum Gasteiger partial charge on any atom is 0.310 e. The number of benzene rings is 2. The second kappa shape index (κ2) is 9.48.